The van der Waals surface area contributed by atoms with Crippen LogP contribution in [0.2, 0.25) is 0 Å². The van der Waals surface area contributed by atoms with E-state index in [2.05, 4.69) is 6.58 Å². The van der Waals surface area contributed by atoms with E-state index in [4.69, 9.17) is 10.5 Å². The maximum atomic E-state index is 5.25. The number of ether oxygens (including phenoxy) is 1. The second kappa shape index (κ2) is 5.79. The summed E-state index contributed by atoms with van der Waals surface area (Å²) in [6, 6.07) is 0. The Morgan fingerprint density at radius 2 is 2.44 bits per heavy atom. The second-order valence-corrected chi connectivity index (χ2v) is 1.95. The lowest BCUT2D eigenvalue weighted by atomic mass is 10.4. The highest BCUT2D eigenvalue weighted by molar-refractivity contribution is 4.74. The van der Waals surface area contributed by atoms with Crippen molar-refractivity contribution in [2.45, 2.75) is 19.4 Å². The van der Waals surface area contributed by atoms with Gasteiger partial charge >= 0.3 is 0 Å². The second-order valence-electron chi connectivity index (χ2n) is 1.95. The van der Waals surface area contributed by atoms with Crippen molar-refractivity contribution >= 4 is 0 Å². The van der Waals surface area contributed by atoms with Crippen molar-refractivity contribution in [2.75, 3.05) is 13.2 Å². The van der Waals surface area contributed by atoms with E-state index in [1.165, 1.54) is 0 Å². The van der Waals surface area contributed by atoms with Crippen LogP contribution >= 0.6 is 0 Å². The molecule has 0 aromatic rings. The van der Waals surface area contributed by atoms with Crippen LogP contribution in [0.15, 0.2) is 12.7 Å². The summed E-state index contributed by atoms with van der Waals surface area (Å²) in [5.74, 6) is 0. The van der Waals surface area contributed by atoms with Gasteiger partial charge < -0.3 is 10.5 Å². The van der Waals surface area contributed by atoms with Crippen LogP contribution in [0.4, 0.5) is 0 Å². The van der Waals surface area contributed by atoms with Crippen molar-refractivity contribution in [1.82, 2.24) is 0 Å². The molecule has 0 aliphatic heterocycles. The zero-order valence-electron chi connectivity index (χ0n) is 5.97. The van der Waals surface area contributed by atoms with Gasteiger partial charge in [0, 0.05) is 6.61 Å². The standard InChI is InChI=1S/C7H15NO/c1-3-7(2)9-6-4-5-8/h3,7H,1,4-6,8H2,2H3. The van der Waals surface area contributed by atoms with Gasteiger partial charge in [-0.25, -0.2) is 0 Å². The fraction of sp³-hybridized carbons (Fsp3) is 0.714. The van der Waals surface area contributed by atoms with Gasteiger partial charge in [0.2, 0.25) is 0 Å². The van der Waals surface area contributed by atoms with Crippen molar-refractivity contribution in [3.8, 4) is 0 Å². The lowest BCUT2D eigenvalue weighted by molar-refractivity contribution is 0.0969. The Hall–Kier alpha value is -0.340. The zero-order chi connectivity index (χ0) is 7.11. The summed E-state index contributed by atoms with van der Waals surface area (Å²) in [5, 5.41) is 0. The maximum absolute atomic E-state index is 5.25. The van der Waals surface area contributed by atoms with Gasteiger partial charge in [-0.05, 0) is 19.9 Å². The van der Waals surface area contributed by atoms with E-state index in [-0.39, 0.29) is 6.10 Å². The van der Waals surface area contributed by atoms with E-state index < -0.39 is 0 Å². The first-order chi connectivity index (χ1) is 4.31. The molecule has 0 rings (SSSR count). The van der Waals surface area contributed by atoms with Crippen LogP contribution in [0.5, 0.6) is 0 Å². The van der Waals surface area contributed by atoms with Gasteiger partial charge in [-0.3, -0.25) is 0 Å². The molecule has 9 heavy (non-hydrogen) atoms. The van der Waals surface area contributed by atoms with Crippen molar-refractivity contribution in [1.29, 1.82) is 0 Å². The summed E-state index contributed by atoms with van der Waals surface area (Å²) in [4.78, 5) is 0. The van der Waals surface area contributed by atoms with Crippen LogP contribution in [0.1, 0.15) is 13.3 Å². The topological polar surface area (TPSA) is 35.2 Å². The predicted octanol–water partition coefficient (Wildman–Crippen LogP) is 0.926. The molecule has 0 bridgehead atoms. The molecule has 2 nitrogen and oxygen atoms in total. The molecule has 0 aliphatic carbocycles. The van der Waals surface area contributed by atoms with E-state index in [1.807, 2.05) is 6.92 Å². The molecule has 0 saturated carbocycles. The molecule has 1 unspecified atom stereocenters. The lowest BCUT2D eigenvalue weighted by Gasteiger charge is -2.05. The minimum atomic E-state index is 0.163. The van der Waals surface area contributed by atoms with E-state index in [0.29, 0.717) is 6.54 Å². The molecule has 0 heterocycles. The van der Waals surface area contributed by atoms with Crippen LogP contribution in [-0.2, 0) is 4.74 Å². The summed E-state index contributed by atoms with van der Waals surface area (Å²) < 4.78 is 5.23. The Kier molecular flexibility index (Phi) is 5.57. The third kappa shape index (κ3) is 5.53. The number of nitrogens with two attached hydrogens (primary N) is 1. The summed E-state index contributed by atoms with van der Waals surface area (Å²) in [7, 11) is 0. The third-order valence-electron chi connectivity index (χ3n) is 1.06. The molecule has 0 aliphatic rings. The molecule has 2 heteroatoms. The smallest absolute Gasteiger partial charge is 0.0725 e. The molecule has 1 atom stereocenters. The predicted molar refractivity (Wildman–Crippen MR) is 39.3 cm³/mol. The van der Waals surface area contributed by atoms with Gasteiger partial charge in [0.1, 0.15) is 0 Å². The summed E-state index contributed by atoms with van der Waals surface area (Å²) in [5.41, 5.74) is 5.25. The van der Waals surface area contributed by atoms with Crippen LogP contribution in [-0.4, -0.2) is 19.3 Å². The van der Waals surface area contributed by atoms with Crippen molar-refractivity contribution in [2.24, 2.45) is 5.73 Å². The molecule has 0 spiro atoms. The average molecular weight is 129 g/mol. The van der Waals surface area contributed by atoms with Crippen LogP contribution in [0.3, 0.4) is 0 Å². The lowest BCUT2D eigenvalue weighted by Crippen LogP contribution is -2.09. The first kappa shape index (κ1) is 8.66. The monoisotopic (exact) mass is 129 g/mol. The van der Waals surface area contributed by atoms with Gasteiger partial charge in [0.15, 0.2) is 0 Å². The largest absolute Gasteiger partial charge is 0.374 e. The highest BCUT2D eigenvalue weighted by Crippen LogP contribution is 1.90. The van der Waals surface area contributed by atoms with Gasteiger partial charge in [-0.2, -0.15) is 0 Å². The van der Waals surface area contributed by atoms with Crippen molar-refractivity contribution in [3.05, 3.63) is 12.7 Å². The van der Waals surface area contributed by atoms with Gasteiger partial charge in [-0.15, -0.1) is 6.58 Å². The maximum Gasteiger partial charge on any atom is 0.0725 e. The Balaban J connectivity index is 2.96. The minimum Gasteiger partial charge on any atom is -0.374 e. The van der Waals surface area contributed by atoms with Gasteiger partial charge in [0.25, 0.3) is 0 Å². The molecule has 54 valence electrons. The normalized spacial score (nSPS) is 13.1. The van der Waals surface area contributed by atoms with E-state index in [9.17, 15) is 0 Å². The number of hydrogen-bond donors (Lipinski definition) is 1. The molecule has 0 amide bonds. The number of hydrogen-bond acceptors (Lipinski definition) is 2. The Bertz CT molecular complexity index is 73.3. The van der Waals surface area contributed by atoms with Crippen molar-refractivity contribution < 1.29 is 4.74 Å². The molecule has 0 fully saturated rings. The van der Waals surface area contributed by atoms with E-state index >= 15 is 0 Å². The van der Waals surface area contributed by atoms with Gasteiger partial charge in [0.05, 0.1) is 6.10 Å². The SMILES string of the molecule is C=CC(C)OCCCN. The molecular formula is C7H15NO. The van der Waals surface area contributed by atoms with Gasteiger partial charge in [-0.1, -0.05) is 6.08 Å². The molecule has 0 saturated heterocycles. The Morgan fingerprint density at radius 1 is 1.78 bits per heavy atom. The van der Waals surface area contributed by atoms with Crippen LogP contribution in [0.25, 0.3) is 0 Å². The Labute approximate surface area is 56.7 Å². The van der Waals surface area contributed by atoms with E-state index in [0.717, 1.165) is 13.0 Å². The van der Waals surface area contributed by atoms with E-state index in [1.54, 1.807) is 6.08 Å². The molecule has 0 radical (unpaired) electrons. The molecule has 2 N–H and O–H groups in total. The first-order valence-electron chi connectivity index (χ1n) is 3.25. The van der Waals surface area contributed by atoms with Crippen LogP contribution in [0, 0.1) is 0 Å². The summed E-state index contributed by atoms with van der Waals surface area (Å²) in [6.45, 7) is 6.98. The Morgan fingerprint density at radius 3 is 2.89 bits per heavy atom. The average Bonchev–Trinajstić information content (AvgIpc) is 1.89. The highest BCUT2D eigenvalue weighted by Gasteiger charge is 1.92. The fourth-order valence-corrected chi connectivity index (χ4v) is 0.421. The first-order valence-corrected chi connectivity index (χ1v) is 3.25. The third-order valence-corrected chi connectivity index (χ3v) is 1.06. The zero-order valence-corrected chi connectivity index (χ0v) is 5.97. The van der Waals surface area contributed by atoms with Crippen molar-refractivity contribution in [3.63, 3.8) is 0 Å². The molecule has 0 aromatic carbocycles. The highest BCUT2D eigenvalue weighted by atomic mass is 16.5. The molecule has 0 aromatic heterocycles. The fourth-order valence-electron chi connectivity index (χ4n) is 0.421. The molecular weight excluding hydrogens is 114 g/mol. The quantitative estimate of drug-likeness (QED) is 0.442. The summed E-state index contributed by atoms with van der Waals surface area (Å²) in [6.07, 6.45) is 2.87. The van der Waals surface area contributed by atoms with Crippen LogP contribution < -0.4 is 5.73 Å². The minimum absolute atomic E-state index is 0.163. The number of rotatable bonds is 5. The summed E-state index contributed by atoms with van der Waals surface area (Å²) >= 11 is 0.